The van der Waals surface area contributed by atoms with Gasteiger partial charge >= 0.3 is 0 Å². The van der Waals surface area contributed by atoms with Gasteiger partial charge in [0.25, 0.3) is 5.56 Å². The normalized spacial score (nSPS) is 17.5. The lowest BCUT2D eigenvalue weighted by Gasteiger charge is -2.29. The van der Waals surface area contributed by atoms with Crippen molar-refractivity contribution < 1.29 is 4.79 Å². The summed E-state index contributed by atoms with van der Waals surface area (Å²) in [5.41, 5.74) is 2.37. The fourth-order valence-corrected chi connectivity index (χ4v) is 3.77. The van der Waals surface area contributed by atoms with Crippen LogP contribution in [0.4, 0.5) is 11.4 Å². The molecule has 1 unspecified atom stereocenters. The van der Waals surface area contributed by atoms with Crippen molar-refractivity contribution in [3.63, 3.8) is 0 Å². The number of nitrogens with zero attached hydrogens (tertiary/aromatic N) is 3. The summed E-state index contributed by atoms with van der Waals surface area (Å²) in [7, 11) is 0. The molecule has 1 N–H and O–H groups in total. The van der Waals surface area contributed by atoms with Crippen LogP contribution in [0.3, 0.4) is 0 Å². The number of rotatable bonds is 2. The Kier molecular flexibility index (Phi) is 3.57. The second kappa shape index (κ2) is 5.76. The number of hydrogen-bond donors (Lipinski definition) is 1. The molecule has 122 valence electrons. The van der Waals surface area contributed by atoms with Crippen molar-refractivity contribution in [3.8, 4) is 0 Å². The van der Waals surface area contributed by atoms with Gasteiger partial charge in [-0.2, -0.15) is 0 Å². The van der Waals surface area contributed by atoms with Crippen LogP contribution in [-0.4, -0.2) is 21.3 Å². The van der Waals surface area contributed by atoms with Gasteiger partial charge in [0, 0.05) is 30.1 Å². The Morgan fingerprint density at radius 3 is 3.04 bits per heavy atom. The van der Waals surface area contributed by atoms with Gasteiger partial charge in [-0.05, 0) is 19.1 Å². The molecule has 1 aliphatic heterocycles. The number of nitrogens with one attached hydrogen (secondary N) is 1. The van der Waals surface area contributed by atoms with Crippen LogP contribution in [0.5, 0.6) is 0 Å². The first-order valence-electron chi connectivity index (χ1n) is 7.73. The summed E-state index contributed by atoms with van der Waals surface area (Å²) < 4.78 is 1.54. The summed E-state index contributed by atoms with van der Waals surface area (Å²) in [6, 6.07) is 9.29. The van der Waals surface area contributed by atoms with Crippen molar-refractivity contribution in [2.75, 3.05) is 10.2 Å². The molecule has 2 aromatic heterocycles. The lowest BCUT2D eigenvalue weighted by atomic mass is 10.1. The Morgan fingerprint density at radius 1 is 1.33 bits per heavy atom. The molecule has 4 rings (SSSR count). The lowest BCUT2D eigenvalue weighted by Crippen LogP contribution is -2.33. The number of benzene rings is 1. The van der Waals surface area contributed by atoms with Gasteiger partial charge in [0.1, 0.15) is 0 Å². The molecule has 1 amide bonds. The van der Waals surface area contributed by atoms with E-state index in [1.807, 2.05) is 36.6 Å². The molecular formula is C17H16N4O2S. The summed E-state index contributed by atoms with van der Waals surface area (Å²) in [6.07, 6.45) is 2.13. The zero-order chi connectivity index (χ0) is 16.7. The van der Waals surface area contributed by atoms with Gasteiger partial charge in [0.05, 0.1) is 23.6 Å². The van der Waals surface area contributed by atoms with Crippen molar-refractivity contribution >= 4 is 33.6 Å². The van der Waals surface area contributed by atoms with E-state index in [9.17, 15) is 9.59 Å². The number of fused-ring (bicyclic) bond motifs is 2. The molecule has 24 heavy (non-hydrogen) atoms. The predicted octanol–water partition coefficient (Wildman–Crippen LogP) is 2.49. The van der Waals surface area contributed by atoms with Crippen molar-refractivity contribution in [3.05, 3.63) is 58.0 Å². The Morgan fingerprint density at radius 2 is 2.17 bits per heavy atom. The molecule has 0 saturated carbocycles. The maximum absolute atomic E-state index is 12.2. The molecule has 1 aliphatic rings. The van der Waals surface area contributed by atoms with E-state index in [1.54, 1.807) is 16.7 Å². The molecule has 0 radical (unpaired) electrons. The van der Waals surface area contributed by atoms with Crippen molar-refractivity contribution in [1.82, 2.24) is 9.38 Å². The number of carbonyl (C=O) groups is 1. The van der Waals surface area contributed by atoms with Crippen LogP contribution in [0.15, 0.2) is 46.7 Å². The van der Waals surface area contributed by atoms with Gasteiger partial charge in [-0.1, -0.05) is 12.1 Å². The molecule has 0 aliphatic carbocycles. The fourth-order valence-electron chi connectivity index (χ4n) is 3.03. The van der Waals surface area contributed by atoms with E-state index < -0.39 is 0 Å². The SMILES string of the molecule is CC1CC(=O)Nc2ccccc2N1Cc1cc(=O)n2ccsc2n1. The largest absolute Gasteiger partial charge is 0.361 e. The topological polar surface area (TPSA) is 66.7 Å². The van der Waals surface area contributed by atoms with E-state index in [4.69, 9.17) is 0 Å². The first-order chi connectivity index (χ1) is 11.6. The highest BCUT2D eigenvalue weighted by Crippen LogP contribution is 2.32. The van der Waals surface area contributed by atoms with E-state index in [0.29, 0.717) is 23.6 Å². The highest BCUT2D eigenvalue weighted by Gasteiger charge is 2.25. The van der Waals surface area contributed by atoms with E-state index in [-0.39, 0.29) is 17.5 Å². The van der Waals surface area contributed by atoms with E-state index in [2.05, 4.69) is 15.2 Å². The summed E-state index contributed by atoms with van der Waals surface area (Å²) in [4.78, 5) is 31.6. The van der Waals surface area contributed by atoms with E-state index >= 15 is 0 Å². The van der Waals surface area contributed by atoms with Crippen LogP contribution in [0.2, 0.25) is 0 Å². The quantitative estimate of drug-likeness (QED) is 0.778. The minimum Gasteiger partial charge on any atom is -0.361 e. The van der Waals surface area contributed by atoms with Gasteiger partial charge in [-0.25, -0.2) is 4.98 Å². The monoisotopic (exact) mass is 340 g/mol. The second-order valence-corrected chi connectivity index (χ2v) is 6.76. The van der Waals surface area contributed by atoms with Crippen LogP contribution < -0.4 is 15.8 Å². The van der Waals surface area contributed by atoms with Gasteiger partial charge < -0.3 is 10.2 Å². The van der Waals surface area contributed by atoms with Crippen LogP contribution in [-0.2, 0) is 11.3 Å². The standard InChI is InChI=1S/C17H16N4O2S/c1-11-8-15(22)19-13-4-2-3-5-14(13)21(11)10-12-9-16(23)20-6-7-24-17(20)18-12/h2-7,9,11H,8,10H2,1H3,(H,19,22). The Hall–Kier alpha value is -2.67. The van der Waals surface area contributed by atoms with Gasteiger partial charge in [-0.3, -0.25) is 14.0 Å². The molecular weight excluding hydrogens is 324 g/mol. The van der Waals surface area contributed by atoms with Gasteiger partial charge in [0.2, 0.25) is 5.91 Å². The van der Waals surface area contributed by atoms with Crippen molar-refractivity contribution in [2.45, 2.75) is 25.9 Å². The summed E-state index contributed by atoms with van der Waals surface area (Å²) in [6.45, 7) is 2.50. The van der Waals surface area contributed by atoms with E-state index in [1.165, 1.54) is 11.3 Å². The number of amides is 1. The Labute approximate surface area is 142 Å². The molecule has 0 bridgehead atoms. The Balaban J connectivity index is 1.76. The number of anilines is 2. The molecule has 0 saturated heterocycles. The molecule has 1 aromatic carbocycles. The summed E-state index contributed by atoms with van der Waals surface area (Å²) in [5.74, 6) is -0.000752. The fraction of sp³-hybridized carbons (Fsp3) is 0.235. The average Bonchev–Trinajstić information content (AvgIpc) is 2.98. The third-order valence-electron chi connectivity index (χ3n) is 4.19. The van der Waals surface area contributed by atoms with Gasteiger partial charge in [0.15, 0.2) is 4.96 Å². The molecule has 3 heterocycles. The highest BCUT2D eigenvalue weighted by atomic mass is 32.1. The molecule has 1 atom stereocenters. The maximum atomic E-state index is 12.2. The predicted molar refractivity (Wildman–Crippen MR) is 94.7 cm³/mol. The van der Waals surface area contributed by atoms with Crippen molar-refractivity contribution in [1.29, 1.82) is 0 Å². The minimum atomic E-state index is -0.0822. The molecule has 0 fully saturated rings. The molecule has 0 spiro atoms. The third kappa shape index (κ3) is 2.56. The number of aromatic nitrogens is 2. The number of thiazole rings is 1. The zero-order valence-electron chi connectivity index (χ0n) is 13.1. The molecule has 7 heteroatoms. The van der Waals surface area contributed by atoms with Crippen LogP contribution in [0.25, 0.3) is 4.96 Å². The highest BCUT2D eigenvalue weighted by molar-refractivity contribution is 7.15. The summed E-state index contributed by atoms with van der Waals surface area (Å²) >= 11 is 1.44. The average molecular weight is 340 g/mol. The number of para-hydroxylation sites is 2. The minimum absolute atomic E-state index is 0.000752. The van der Waals surface area contributed by atoms with E-state index in [0.717, 1.165) is 11.4 Å². The number of hydrogen-bond acceptors (Lipinski definition) is 5. The number of carbonyl (C=O) groups excluding carboxylic acids is 1. The lowest BCUT2D eigenvalue weighted by molar-refractivity contribution is -0.116. The first kappa shape index (κ1) is 14.9. The maximum Gasteiger partial charge on any atom is 0.258 e. The zero-order valence-corrected chi connectivity index (χ0v) is 13.9. The van der Waals surface area contributed by atoms with Crippen molar-refractivity contribution in [2.24, 2.45) is 0 Å². The van der Waals surface area contributed by atoms with Crippen LogP contribution >= 0.6 is 11.3 Å². The summed E-state index contributed by atoms with van der Waals surface area (Å²) in [5, 5.41) is 4.79. The smallest absolute Gasteiger partial charge is 0.258 e. The Bertz CT molecular complexity index is 978. The van der Waals surface area contributed by atoms with Gasteiger partial charge in [-0.15, -0.1) is 11.3 Å². The van der Waals surface area contributed by atoms with Crippen LogP contribution in [0.1, 0.15) is 19.0 Å². The van der Waals surface area contributed by atoms with Crippen LogP contribution in [0, 0.1) is 0 Å². The first-order valence-corrected chi connectivity index (χ1v) is 8.61. The molecule has 3 aromatic rings. The second-order valence-electron chi connectivity index (χ2n) is 5.89. The third-order valence-corrected chi connectivity index (χ3v) is 4.95. The molecule has 6 nitrogen and oxygen atoms in total.